The molecule has 1 aromatic carbocycles. The first-order valence-corrected chi connectivity index (χ1v) is 10.1. The van der Waals surface area contributed by atoms with Crippen molar-refractivity contribution in [3.8, 4) is 17.6 Å². The second kappa shape index (κ2) is 7.52. The highest BCUT2D eigenvalue weighted by molar-refractivity contribution is 6.09. The predicted octanol–water partition coefficient (Wildman–Crippen LogP) is 1.57. The van der Waals surface area contributed by atoms with Crippen LogP contribution in [0.3, 0.4) is 0 Å². The molecule has 30 heavy (non-hydrogen) atoms. The van der Waals surface area contributed by atoms with E-state index in [4.69, 9.17) is 9.47 Å². The first kappa shape index (κ1) is 20.0. The number of rotatable bonds is 4. The van der Waals surface area contributed by atoms with E-state index in [0.29, 0.717) is 43.1 Å². The Morgan fingerprint density at radius 1 is 1.20 bits per heavy atom. The minimum absolute atomic E-state index is 0.436. The zero-order valence-electron chi connectivity index (χ0n) is 16.8. The number of hydrogen-bond acceptors (Lipinski definition) is 6. The van der Waals surface area contributed by atoms with E-state index in [1.54, 1.807) is 25.1 Å². The highest BCUT2D eigenvalue weighted by atomic mass is 16.5. The summed E-state index contributed by atoms with van der Waals surface area (Å²) in [5.41, 5.74) is -1.70. The second-order valence-corrected chi connectivity index (χ2v) is 8.11. The molecule has 1 atom stereocenters. The number of benzene rings is 1. The maximum atomic E-state index is 13.1. The number of carbonyl (C=O) groups is 3. The third-order valence-electron chi connectivity index (χ3n) is 5.95. The minimum atomic E-state index is -1.33. The minimum Gasteiger partial charge on any atom is -0.490 e. The average molecular weight is 412 g/mol. The summed E-state index contributed by atoms with van der Waals surface area (Å²) in [5, 5.41) is 14.8. The van der Waals surface area contributed by atoms with Crippen molar-refractivity contribution in [3.05, 3.63) is 23.8 Å². The number of hydrogen-bond donors (Lipinski definition) is 2. The number of nitriles is 1. The van der Waals surface area contributed by atoms with Crippen LogP contribution in [0.4, 0.5) is 4.79 Å². The van der Waals surface area contributed by atoms with Gasteiger partial charge in [-0.25, -0.2) is 4.79 Å². The van der Waals surface area contributed by atoms with Crippen LogP contribution in [0.1, 0.15) is 44.6 Å². The summed E-state index contributed by atoms with van der Waals surface area (Å²) in [7, 11) is 0. The van der Waals surface area contributed by atoms with Crippen LogP contribution in [-0.2, 0) is 15.1 Å². The van der Waals surface area contributed by atoms with Gasteiger partial charge in [0.2, 0.25) is 5.91 Å². The molecule has 9 heteroatoms. The molecule has 1 saturated heterocycles. The average Bonchev–Trinajstić information content (AvgIpc) is 3.17. The zero-order chi connectivity index (χ0) is 21.4. The molecule has 0 unspecified atom stereocenters. The van der Waals surface area contributed by atoms with E-state index < -0.39 is 35.5 Å². The Morgan fingerprint density at radius 3 is 2.60 bits per heavy atom. The number of urea groups is 1. The van der Waals surface area contributed by atoms with Crippen molar-refractivity contribution in [1.82, 2.24) is 15.5 Å². The van der Waals surface area contributed by atoms with Gasteiger partial charge >= 0.3 is 6.03 Å². The molecule has 2 N–H and O–H groups in total. The number of nitrogens with zero attached hydrogens (tertiary/aromatic N) is 2. The maximum absolute atomic E-state index is 13.1. The van der Waals surface area contributed by atoms with Crippen LogP contribution < -0.4 is 20.1 Å². The summed E-state index contributed by atoms with van der Waals surface area (Å²) < 4.78 is 11.3. The first-order valence-electron chi connectivity index (χ1n) is 10.1. The lowest BCUT2D eigenvalue weighted by atomic mass is 9.91. The Balaban J connectivity index is 1.51. The summed E-state index contributed by atoms with van der Waals surface area (Å²) in [6.07, 6.45) is 3.62. The lowest BCUT2D eigenvalue weighted by molar-refractivity contribution is -0.135. The van der Waals surface area contributed by atoms with E-state index in [-0.39, 0.29) is 0 Å². The van der Waals surface area contributed by atoms with Gasteiger partial charge in [0.25, 0.3) is 5.91 Å². The predicted molar refractivity (Wildman–Crippen MR) is 105 cm³/mol. The summed E-state index contributed by atoms with van der Waals surface area (Å²) in [6.45, 7) is 2.21. The van der Waals surface area contributed by atoms with Gasteiger partial charge in [-0.15, -0.1) is 0 Å². The summed E-state index contributed by atoms with van der Waals surface area (Å²) in [5.74, 6) is 0.0484. The number of nitrogens with one attached hydrogen (secondary N) is 2. The van der Waals surface area contributed by atoms with Crippen LogP contribution in [0, 0.1) is 11.3 Å². The quantitative estimate of drug-likeness (QED) is 0.724. The molecular weight excluding hydrogens is 388 g/mol. The molecule has 0 spiro atoms. The van der Waals surface area contributed by atoms with E-state index in [1.165, 1.54) is 0 Å². The number of amides is 4. The fourth-order valence-corrected chi connectivity index (χ4v) is 4.20. The fourth-order valence-electron chi connectivity index (χ4n) is 4.20. The summed E-state index contributed by atoms with van der Waals surface area (Å²) in [6, 6.07) is 6.63. The molecule has 1 saturated carbocycles. The largest absolute Gasteiger partial charge is 0.490 e. The number of ether oxygens (including phenoxy) is 2. The topological polar surface area (TPSA) is 121 Å². The van der Waals surface area contributed by atoms with Gasteiger partial charge in [-0.3, -0.25) is 14.5 Å². The van der Waals surface area contributed by atoms with Crippen molar-refractivity contribution in [2.45, 2.75) is 50.1 Å². The van der Waals surface area contributed by atoms with E-state index in [2.05, 4.69) is 16.7 Å². The van der Waals surface area contributed by atoms with E-state index in [9.17, 15) is 19.6 Å². The monoisotopic (exact) mass is 412 g/mol. The normalized spacial score (nSPS) is 24.7. The molecule has 0 bridgehead atoms. The smallest absolute Gasteiger partial charge is 0.325 e. The Hall–Kier alpha value is -3.28. The molecule has 1 aromatic rings. The van der Waals surface area contributed by atoms with Crippen LogP contribution in [0.25, 0.3) is 0 Å². The van der Waals surface area contributed by atoms with Gasteiger partial charge in [0.15, 0.2) is 11.5 Å². The van der Waals surface area contributed by atoms with Crippen molar-refractivity contribution in [2.75, 3.05) is 19.8 Å². The van der Waals surface area contributed by atoms with E-state index in [1.807, 2.05) is 0 Å². The zero-order valence-corrected chi connectivity index (χ0v) is 16.8. The van der Waals surface area contributed by atoms with Crippen molar-refractivity contribution in [3.63, 3.8) is 0 Å². The van der Waals surface area contributed by atoms with Gasteiger partial charge in [0.1, 0.15) is 17.6 Å². The Morgan fingerprint density at radius 2 is 1.90 bits per heavy atom. The van der Waals surface area contributed by atoms with Crippen LogP contribution in [-0.4, -0.2) is 48.0 Å². The van der Waals surface area contributed by atoms with Gasteiger partial charge in [0, 0.05) is 6.42 Å². The van der Waals surface area contributed by atoms with Gasteiger partial charge in [-0.2, -0.15) is 5.26 Å². The molecule has 2 heterocycles. The highest BCUT2D eigenvalue weighted by Crippen LogP contribution is 2.36. The van der Waals surface area contributed by atoms with Crippen molar-refractivity contribution >= 4 is 17.8 Å². The van der Waals surface area contributed by atoms with Crippen LogP contribution in [0.15, 0.2) is 18.2 Å². The molecule has 1 aliphatic carbocycles. The van der Waals surface area contributed by atoms with Crippen molar-refractivity contribution < 1.29 is 23.9 Å². The fraction of sp³-hybridized carbons (Fsp3) is 0.524. The summed E-state index contributed by atoms with van der Waals surface area (Å²) >= 11 is 0. The molecule has 2 fully saturated rings. The SMILES string of the molecule is C[C@]1(c2ccc3c(c2)OCCCO3)NC(=O)N(CC(=O)NC2(C#N)CCCC2)C1=O. The molecule has 3 aliphatic rings. The Bertz CT molecular complexity index is 934. The Kier molecular flexibility index (Phi) is 5.02. The van der Waals surface area contributed by atoms with Crippen LogP contribution >= 0.6 is 0 Å². The lowest BCUT2D eigenvalue weighted by Gasteiger charge is -2.25. The molecule has 0 aromatic heterocycles. The van der Waals surface area contributed by atoms with Gasteiger partial charge in [0.05, 0.1) is 19.3 Å². The molecule has 4 rings (SSSR count). The van der Waals surface area contributed by atoms with Crippen molar-refractivity contribution in [2.24, 2.45) is 0 Å². The second-order valence-electron chi connectivity index (χ2n) is 8.11. The number of imide groups is 1. The third kappa shape index (κ3) is 3.43. The number of carbonyl (C=O) groups excluding carboxylic acids is 3. The molecule has 9 nitrogen and oxygen atoms in total. The Labute approximate surface area is 174 Å². The van der Waals surface area contributed by atoms with Gasteiger partial charge in [-0.05, 0) is 50.3 Å². The standard InChI is InChI=1S/C21H24N4O5/c1-20(14-5-6-15-16(11-14)30-10-4-9-29-15)18(27)25(19(28)24-20)12-17(26)23-21(13-22)7-2-3-8-21/h5-6,11H,2-4,7-10,12H2,1H3,(H,23,26)(H,24,28)/t20-/m1/s1. The van der Waals surface area contributed by atoms with Crippen molar-refractivity contribution in [1.29, 1.82) is 5.26 Å². The summed E-state index contributed by atoms with van der Waals surface area (Å²) in [4.78, 5) is 39.1. The van der Waals surface area contributed by atoms with E-state index in [0.717, 1.165) is 24.2 Å². The van der Waals surface area contributed by atoms with Gasteiger partial charge in [-0.1, -0.05) is 6.07 Å². The molecule has 0 radical (unpaired) electrons. The highest BCUT2D eigenvalue weighted by Gasteiger charge is 2.50. The molecule has 4 amide bonds. The van der Waals surface area contributed by atoms with Gasteiger partial charge < -0.3 is 20.1 Å². The van der Waals surface area contributed by atoms with Crippen LogP contribution in [0.5, 0.6) is 11.5 Å². The van der Waals surface area contributed by atoms with E-state index >= 15 is 0 Å². The maximum Gasteiger partial charge on any atom is 0.325 e. The number of fused-ring (bicyclic) bond motifs is 1. The third-order valence-corrected chi connectivity index (χ3v) is 5.95. The molecule has 2 aliphatic heterocycles. The molecular formula is C21H24N4O5. The first-order chi connectivity index (χ1) is 14.4. The molecule has 158 valence electrons. The lowest BCUT2D eigenvalue weighted by Crippen LogP contribution is -2.50. The van der Waals surface area contributed by atoms with Crippen LogP contribution in [0.2, 0.25) is 0 Å².